The molecular weight excluding hydrogens is 282 g/mol. The standard InChI is InChI=1S/C16H19N3O3/c17-11-14(16(22)18(7-9-20)8-10-21)12-19-6-5-13-3-1-2-4-15(13)19/h1-4,12,20-21H,5-10H2/b14-12-. The molecular formula is C16H19N3O3. The first-order chi connectivity index (χ1) is 10.7. The van der Waals surface area contributed by atoms with Crippen LogP contribution in [0.15, 0.2) is 36.0 Å². The topological polar surface area (TPSA) is 87.8 Å². The van der Waals surface area contributed by atoms with Crippen LogP contribution in [0.2, 0.25) is 0 Å². The minimum atomic E-state index is -0.477. The summed E-state index contributed by atoms with van der Waals surface area (Å²) in [6.45, 7) is 0.482. The molecule has 22 heavy (non-hydrogen) atoms. The Labute approximate surface area is 129 Å². The second-order valence-electron chi connectivity index (χ2n) is 4.97. The molecule has 0 fully saturated rings. The Morgan fingerprint density at radius 3 is 2.64 bits per heavy atom. The van der Waals surface area contributed by atoms with E-state index in [1.165, 1.54) is 10.5 Å². The second-order valence-corrected chi connectivity index (χ2v) is 4.97. The van der Waals surface area contributed by atoms with E-state index in [9.17, 15) is 10.1 Å². The molecule has 1 aliphatic rings. The van der Waals surface area contributed by atoms with Gasteiger partial charge in [0.1, 0.15) is 11.6 Å². The minimum absolute atomic E-state index is 0.00129. The van der Waals surface area contributed by atoms with Gasteiger partial charge in [-0.25, -0.2) is 0 Å². The predicted molar refractivity (Wildman–Crippen MR) is 81.9 cm³/mol. The number of carbonyl (C=O) groups excluding carboxylic acids is 1. The average molecular weight is 301 g/mol. The predicted octanol–water partition coefficient (Wildman–Crippen LogP) is 0.270. The number of aliphatic hydroxyl groups excluding tert-OH is 2. The zero-order valence-electron chi connectivity index (χ0n) is 12.3. The largest absolute Gasteiger partial charge is 0.395 e. The van der Waals surface area contributed by atoms with Crippen molar-refractivity contribution in [2.75, 3.05) is 37.7 Å². The summed E-state index contributed by atoms with van der Waals surface area (Å²) < 4.78 is 0. The van der Waals surface area contributed by atoms with Gasteiger partial charge in [0.05, 0.1) is 13.2 Å². The van der Waals surface area contributed by atoms with E-state index in [0.717, 1.165) is 18.7 Å². The number of carbonyl (C=O) groups is 1. The third-order valence-corrected chi connectivity index (χ3v) is 3.59. The molecule has 2 N–H and O–H groups in total. The maximum Gasteiger partial charge on any atom is 0.266 e. The fraction of sp³-hybridized carbons (Fsp3) is 0.375. The molecule has 6 nitrogen and oxygen atoms in total. The van der Waals surface area contributed by atoms with Crippen LogP contribution in [0.25, 0.3) is 0 Å². The van der Waals surface area contributed by atoms with Gasteiger partial charge >= 0.3 is 0 Å². The first-order valence-electron chi connectivity index (χ1n) is 7.18. The summed E-state index contributed by atoms with van der Waals surface area (Å²) in [6.07, 6.45) is 2.42. The van der Waals surface area contributed by atoms with Crippen LogP contribution >= 0.6 is 0 Å². The van der Waals surface area contributed by atoms with E-state index in [-0.39, 0.29) is 31.9 Å². The molecule has 0 atom stereocenters. The van der Waals surface area contributed by atoms with Crippen LogP contribution in [0.4, 0.5) is 5.69 Å². The van der Waals surface area contributed by atoms with Crippen molar-refractivity contribution < 1.29 is 15.0 Å². The third kappa shape index (κ3) is 3.45. The van der Waals surface area contributed by atoms with E-state index in [2.05, 4.69) is 0 Å². The number of fused-ring (bicyclic) bond motifs is 1. The van der Waals surface area contributed by atoms with E-state index in [4.69, 9.17) is 10.2 Å². The highest BCUT2D eigenvalue weighted by Crippen LogP contribution is 2.28. The summed E-state index contributed by atoms with van der Waals surface area (Å²) in [7, 11) is 0. The van der Waals surface area contributed by atoms with Gasteiger partial charge in [-0.2, -0.15) is 5.26 Å². The van der Waals surface area contributed by atoms with Crippen LogP contribution in [0.5, 0.6) is 0 Å². The Bertz CT molecular complexity index is 601. The highest BCUT2D eigenvalue weighted by Gasteiger charge is 2.22. The normalized spacial score (nSPS) is 13.7. The Hall–Kier alpha value is -2.36. The smallest absolute Gasteiger partial charge is 0.266 e. The number of hydrogen-bond donors (Lipinski definition) is 2. The Morgan fingerprint density at radius 1 is 1.32 bits per heavy atom. The summed E-state index contributed by atoms with van der Waals surface area (Å²) in [4.78, 5) is 15.5. The van der Waals surface area contributed by atoms with Crippen LogP contribution in [-0.4, -0.2) is 53.9 Å². The van der Waals surface area contributed by atoms with Gasteiger partial charge < -0.3 is 20.0 Å². The first kappa shape index (κ1) is 16.0. The molecule has 0 unspecified atom stereocenters. The van der Waals surface area contributed by atoms with Gasteiger partial charge in [0.25, 0.3) is 5.91 Å². The van der Waals surface area contributed by atoms with Crippen molar-refractivity contribution >= 4 is 11.6 Å². The highest BCUT2D eigenvalue weighted by molar-refractivity contribution is 5.97. The molecule has 0 radical (unpaired) electrons. The van der Waals surface area contributed by atoms with Crippen LogP contribution in [0.1, 0.15) is 5.56 Å². The molecule has 2 rings (SSSR count). The lowest BCUT2D eigenvalue weighted by molar-refractivity contribution is -0.127. The van der Waals surface area contributed by atoms with Gasteiger partial charge in [-0.1, -0.05) is 18.2 Å². The summed E-state index contributed by atoms with van der Waals surface area (Å²) in [5, 5.41) is 27.3. The molecule has 116 valence electrons. The molecule has 0 aliphatic carbocycles. The maximum absolute atomic E-state index is 12.3. The quantitative estimate of drug-likeness (QED) is 0.582. The molecule has 0 aromatic heterocycles. The fourth-order valence-corrected chi connectivity index (χ4v) is 2.51. The van der Waals surface area contributed by atoms with E-state index >= 15 is 0 Å². The SMILES string of the molecule is N#C/C(=C/N1CCc2ccccc21)C(=O)N(CCO)CCO. The number of para-hydroxylation sites is 1. The van der Waals surface area contributed by atoms with Gasteiger partial charge in [-0.05, 0) is 18.1 Å². The lowest BCUT2D eigenvalue weighted by Gasteiger charge is -2.21. The lowest BCUT2D eigenvalue weighted by Crippen LogP contribution is -2.37. The van der Waals surface area contributed by atoms with Gasteiger partial charge in [-0.15, -0.1) is 0 Å². The summed E-state index contributed by atoms with van der Waals surface area (Å²) >= 11 is 0. The highest BCUT2D eigenvalue weighted by atomic mass is 16.3. The molecule has 1 aromatic rings. The summed E-state index contributed by atoms with van der Waals surface area (Å²) in [5.74, 6) is -0.477. The molecule has 1 aliphatic heterocycles. The molecule has 1 aromatic carbocycles. The first-order valence-corrected chi connectivity index (χ1v) is 7.18. The maximum atomic E-state index is 12.3. The number of aliphatic hydroxyl groups is 2. The van der Waals surface area contributed by atoms with Gasteiger partial charge in [-0.3, -0.25) is 4.79 Å². The monoisotopic (exact) mass is 301 g/mol. The number of rotatable bonds is 6. The van der Waals surface area contributed by atoms with Crippen LogP contribution in [0, 0.1) is 11.3 Å². The number of hydrogen-bond acceptors (Lipinski definition) is 5. The molecule has 0 bridgehead atoms. The Balaban J connectivity index is 2.21. The van der Waals surface area contributed by atoms with Crippen molar-refractivity contribution in [1.82, 2.24) is 4.90 Å². The summed E-state index contributed by atoms with van der Waals surface area (Å²) in [5.41, 5.74) is 2.18. The molecule has 0 spiro atoms. The minimum Gasteiger partial charge on any atom is -0.395 e. The van der Waals surface area contributed by atoms with E-state index in [1.54, 1.807) is 6.20 Å². The fourth-order valence-electron chi connectivity index (χ4n) is 2.51. The third-order valence-electron chi connectivity index (χ3n) is 3.59. The Kier molecular flexibility index (Phi) is 5.53. The van der Waals surface area contributed by atoms with Crippen LogP contribution in [0.3, 0.4) is 0 Å². The zero-order valence-corrected chi connectivity index (χ0v) is 12.3. The number of amides is 1. The summed E-state index contributed by atoms with van der Waals surface area (Å²) in [6, 6.07) is 9.79. The average Bonchev–Trinajstić information content (AvgIpc) is 2.95. The van der Waals surface area contributed by atoms with Crippen LogP contribution < -0.4 is 4.90 Å². The molecule has 1 heterocycles. The number of benzene rings is 1. The van der Waals surface area contributed by atoms with E-state index in [1.807, 2.05) is 35.2 Å². The van der Waals surface area contributed by atoms with Gasteiger partial charge in [0.2, 0.25) is 0 Å². The van der Waals surface area contributed by atoms with Crippen molar-refractivity contribution in [1.29, 1.82) is 5.26 Å². The zero-order chi connectivity index (χ0) is 15.9. The van der Waals surface area contributed by atoms with Crippen LogP contribution in [-0.2, 0) is 11.2 Å². The van der Waals surface area contributed by atoms with E-state index < -0.39 is 5.91 Å². The van der Waals surface area contributed by atoms with Crippen molar-refractivity contribution in [3.63, 3.8) is 0 Å². The molecule has 6 heteroatoms. The van der Waals surface area contributed by atoms with Crippen molar-refractivity contribution in [2.45, 2.75) is 6.42 Å². The molecule has 1 amide bonds. The van der Waals surface area contributed by atoms with Crippen molar-refractivity contribution in [3.05, 3.63) is 41.6 Å². The van der Waals surface area contributed by atoms with E-state index in [0.29, 0.717) is 0 Å². The lowest BCUT2D eigenvalue weighted by atomic mass is 10.2. The van der Waals surface area contributed by atoms with Crippen molar-refractivity contribution in [3.8, 4) is 6.07 Å². The Morgan fingerprint density at radius 2 is 2.00 bits per heavy atom. The van der Waals surface area contributed by atoms with Gasteiger partial charge in [0, 0.05) is 31.5 Å². The number of nitriles is 1. The van der Waals surface area contributed by atoms with Gasteiger partial charge in [0.15, 0.2) is 0 Å². The molecule has 0 saturated heterocycles. The number of anilines is 1. The molecule has 0 saturated carbocycles. The van der Waals surface area contributed by atoms with Crippen molar-refractivity contribution in [2.24, 2.45) is 0 Å². The second kappa shape index (κ2) is 7.59. The number of nitrogens with zero attached hydrogens (tertiary/aromatic N) is 3.